The van der Waals surface area contributed by atoms with E-state index in [2.05, 4.69) is 30.6 Å². The highest BCUT2D eigenvalue weighted by atomic mass is 16.3. The second kappa shape index (κ2) is 7.54. The van der Waals surface area contributed by atoms with Crippen LogP contribution in [-0.2, 0) is 0 Å². The van der Waals surface area contributed by atoms with Crippen molar-refractivity contribution >= 4 is 0 Å². The molecule has 0 saturated heterocycles. The molecule has 1 aromatic rings. The molecule has 0 aliphatic heterocycles. The normalized spacial score (nSPS) is 9.13. The van der Waals surface area contributed by atoms with E-state index in [-0.39, 0.29) is 0 Å². The summed E-state index contributed by atoms with van der Waals surface area (Å²) in [6.07, 6.45) is 10.1. The van der Waals surface area contributed by atoms with Crippen LogP contribution >= 0.6 is 0 Å². The molecule has 15 heavy (non-hydrogen) atoms. The molecule has 0 unspecified atom stereocenters. The highest BCUT2D eigenvalue weighted by molar-refractivity contribution is 5.35. The Morgan fingerprint density at radius 3 is 2.93 bits per heavy atom. The molecular weight excluding hydrogens is 184 g/mol. The molecule has 0 radical (unpaired) electrons. The van der Waals surface area contributed by atoms with E-state index < -0.39 is 0 Å². The van der Waals surface area contributed by atoms with Gasteiger partial charge in [0.25, 0.3) is 0 Å². The molecule has 0 saturated carbocycles. The molecule has 0 aliphatic carbocycles. The predicted molar refractivity (Wildman–Crippen MR) is 62.0 cm³/mol. The average Bonchev–Trinajstić information content (AvgIpc) is 2.75. The van der Waals surface area contributed by atoms with Crippen LogP contribution in [0.25, 0.3) is 0 Å². The SMILES string of the molecule is CCCCC#CC=CC#Cc1ccoc1. The topological polar surface area (TPSA) is 13.1 Å². The van der Waals surface area contributed by atoms with Gasteiger partial charge in [-0.25, -0.2) is 0 Å². The van der Waals surface area contributed by atoms with Gasteiger partial charge >= 0.3 is 0 Å². The molecule has 0 bridgehead atoms. The van der Waals surface area contributed by atoms with E-state index in [1.165, 1.54) is 12.8 Å². The minimum Gasteiger partial charge on any atom is -0.471 e. The molecular formula is C14H14O. The van der Waals surface area contributed by atoms with E-state index in [0.29, 0.717) is 0 Å². The number of furan rings is 1. The number of allylic oxidation sites excluding steroid dienone is 2. The van der Waals surface area contributed by atoms with Crippen molar-refractivity contribution in [3.05, 3.63) is 36.3 Å². The van der Waals surface area contributed by atoms with Crippen molar-refractivity contribution in [1.29, 1.82) is 0 Å². The van der Waals surface area contributed by atoms with Crippen LogP contribution < -0.4 is 0 Å². The fourth-order valence-electron chi connectivity index (χ4n) is 0.940. The minimum absolute atomic E-state index is 0.888. The van der Waals surface area contributed by atoms with Crippen molar-refractivity contribution in [2.24, 2.45) is 0 Å². The summed E-state index contributed by atoms with van der Waals surface area (Å²) in [6, 6.07) is 1.83. The summed E-state index contributed by atoms with van der Waals surface area (Å²) in [5.74, 6) is 11.8. The summed E-state index contributed by atoms with van der Waals surface area (Å²) in [6.45, 7) is 2.16. The molecule has 0 aromatic carbocycles. The third-order valence-electron chi connectivity index (χ3n) is 1.75. The summed E-state index contributed by atoms with van der Waals surface area (Å²) in [5, 5.41) is 0. The van der Waals surface area contributed by atoms with Crippen molar-refractivity contribution in [2.75, 3.05) is 0 Å². The third kappa shape index (κ3) is 5.45. The number of hydrogen-bond acceptors (Lipinski definition) is 1. The number of unbranched alkanes of at least 4 members (excludes halogenated alkanes) is 2. The summed E-state index contributed by atoms with van der Waals surface area (Å²) < 4.78 is 4.88. The van der Waals surface area contributed by atoms with Gasteiger partial charge in [0, 0.05) is 6.42 Å². The van der Waals surface area contributed by atoms with Crippen LogP contribution in [0.4, 0.5) is 0 Å². The van der Waals surface area contributed by atoms with Gasteiger partial charge in [-0.15, -0.1) is 0 Å². The van der Waals surface area contributed by atoms with Gasteiger partial charge in [-0.05, 0) is 24.6 Å². The molecule has 0 atom stereocenters. The van der Waals surface area contributed by atoms with Crippen molar-refractivity contribution in [1.82, 2.24) is 0 Å². The van der Waals surface area contributed by atoms with Crippen LogP contribution in [0.5, 0.6) is 0 Å². The molecule has 0 aliphatic rings. The van der Waals surface area contributed by atoms with Gasteiger partial charge in [0.2, 0.25) is 0 Å². The Hall–Kier alpha value is -1.86. The molecule has 1 heteroatoms. The molecule has 0 fully saturated rings. The van der Waals surface area contributed by atoms with Gasteiger partial charge in [-0.2, -0.15) is 0 Å². The summed E-state index contributed by atoms with van der Waals surface area (Å²) in [7, 11) is 0. The van der Waals surface area contributed by atoms with Gasteiger partial charge in [0.15, 0.2) is 0 Å². The first-order valence-corrected chi connectivity index (χ1v) is 5.10. The largest absolute Gasteiger partial charge is 0.471 e. The third-order valence-corrected chi connectivity index (χ3v) is 1.75. The first-order chi connectivity index (χ1) is 7.43. The Labute approximate surface area is 91.2 Å². The maximum absolute atomic E-state index is 4.88. The molecule has 1 nitrogen and oxygen atoms in total. The maximum atomic E-state index is 4.88. The summed E-state index contributed by atoms with van der Waals surface area (Å²) in [5.41, 5.74) is 0.888. The zero-order valence-electron chi connectivity index (χ0n) is 8.92. The predicted octanol–water partition coefficient (Wildman–Crippen LogP) is 3.38. The van der Waals surface area contributed by atoms with Gasteiger partial charge in [0.05, 0.1) is 11.8 Å². The van der Waals surface area contributed by atoms with Crippen LogP contribution in [0.3, 0.4) is 0 Å². The van der Waals surface area contributed by atoms with E-state index in [1.54, 1.807) is 24.7 Å². The average molecular weight is 198 g/mol. The lowest BCUT2D eigenvalue weighted by molar-refractivity contribution is 0.566. The summed E-state index contributed by atoms with van der Waals surface area (Å²) in [4.78, 5) is 0. The molecule has 1 heterocycles. The van der Waals surface area contributed by atoms with Crippen LogP contribution in [-0.4, -0.2) is 0 Å². The monoisotopic (exact) mass is 198 g/mol. The maximum Gasteiger partial charge on any atom is 0.106 e. The lowest BCUT2D eigenvalue weighted by atomic mass is 10.2. The molecule has 76 valence electrons. The Morgan fingerprint density at radius 2 is 2.20 bits per heavy atom. The van der Waals surface area contributed by atoms with Crippen molar-refractivity contribution in [3.8, 4) is 23.7 Å². The van der Waals surface area contributed by atoms with Crippen LogP contribution in [0.2, 0.25) is 0 Å². The first kappa shape index (κ1) is 11.2. The van der Waals surface area contributed by atoms with Gasteiger partial charge in [-0.1, -0.05) is 37.0 Å². The van der Waals surface area contributed by atoms with E-state index in [4.69, 9.17) is 4.42 Å². The van der Waals surface area contributed by atoms with Crippen LogP contribution in [0.15, 0.2) is 35.2 Å². The molecule has 1 aromatic heterocycles. The Bertz CT molecular complexity index is 402. The highest BCUT2D eigenvalue weighted by Crippen LogP contribution is 1.95. The van der Waals surface area contributed by atoms with Crippen molar-refractivity contribution in [3.63, 3.8) is 0 Å². The smallest absolute Gasteiger partial charge is 0.106 e. The zero-order valence-corrected chi connectivity index (χ0v) is 8.92. The standard InChI is InChI=1S/C14H14O/c1-2-3-4-5-6-7-8-9-10-14-11-12-15-13-14/h7-8,11-13H,2-4H2,1H3. The lowest BCUT2D eigenvalue weighted by Gasteiger charge is -1.81. The van der Waals surface area contributed by atoms with Crippen LogP contribution in [0, 0.1) is 23.7 Å². The van der Waals surface area contributed by atoms with Gasteiger partial charge in [-0.3, -0.25) is 0 Å². The van der Waals surface area contributed by atoms with Crippen LogP contribution in [0.1, 0.15) is 31.7 Å². The van der Waals surface area contributed by atoms with Gasteiger partial charge in [0.1, 0.15) is 6.26 Å². The van der Waals surface area contributed by atoms with E-state index in [1.807, 2.05) is 6.07 Å². The number of rotatable bonds is 2. The quantitative estimate of drug-likeness (QED) is 0.524. The fraction of sp³-hybridized carbons (Fsp3) is 0.286. The minimum atomic E-state index is 0.888. The Balaban J connectivity index is 2.29. The Kier molecular flexibility index (Phi) is 5.63. The van der Waals surface area contributed by atoms with E-state index in [0.717, 1.165) is 12.0 Å². The van der Waals surface area contributed by atoms with Crippen molar-refractivity contribution < 1.29 is 4.42 Å². The first-order valence-electron chi connectivity index (χ1n) is 5.10. The van der Waals surface area contributed by atoms with Crippen molar-refractivity contribution in [2.45, 2.75) is 26.2 Å². The Morgan fingerprint density at radius 1 is 1.33 bits per heavy atom. The fourth-order valence-corrected chi connectivity index (χ4v) is 0.940. The van der Waals surface area contributed by atoms with E-state index in [9.17, 15) is 0 Å². The molecule has 1 rings (SSSR count). The van der Waals surface area contributed by atoms with Gasteiger partial charge < -0.3 is 4.42 Å². The molecule has 0 spiro atoms. The molecule has 0 amide bonds. The second-order valence-corrected chi connectivity index (χ2v) is 3.04. The lowest BCUT2D eigenvalue weighted by Crippen LogP contribution is -1.65. The van der Waals surface area contributed by atoms with E-state index >= 15 is 0 Å². The number of hydrogen-bond donors (Lipinski definition) is 0. The zero-order chi connectivity index (χ0) is 10.8. The molecule has 0 N–H and O–H groups in total. The summed E-state index contributed by atoms with van der Waals surface area (Å²) >= 11 is 0. The second-order valence-electron chi connectivity index (χ2n) is 3.04. The highest BCUT2D eigenvalue weighted by Gasteiger charge is 1.82.